The predicted octanol–water partition coefficient (Wildman–Crippen LogP) is 3.35. The lowest BCUT2D eigenvalue weighted by atomic mass is 9.88. The van der Waals surface area contributed by atoms with E-state index in [1.165, 1.54) is 6.07 Å². The average molecular weight is 427 g/mol. The van der Waals surface area contributed by atoms with Crippen LogP contribution in [0, 0.1) is 12.7 Å². The number of amides is 2. The lowest BCUT2D eigenvalue weighted by Gasteiger charge is -2.48. The maximum absolute atomic E-state index is 14.1. The van der Waals surface area contributed by atoms with E-state index in [4.69, 9.17) is 0 Å². The van der Waals surface area contributed by atoms with Gasteiger partial charge in [-0.1, -0.05) is 6.07 Å². The van der Waals surface area contributed by atoms with Crippen LogP contribution in [0.4, 0.5) is 4.39 Å². The SMILES string of the molecule is Cc1ccc(F)c2cc(C(=O)N[C@@H]3CCC[C@@H](N4CCN5C(=O)CCC[C@H]5C4)C3)[nH]c12. The van der Waals surface area contributed by atoms with E-state index in [2.05, 4.69) is 20.1 Å². The molecule has 3 aliphatic rings. The molecule has 0 bridgehead atoms. The molecule has 2 aromatic rings. The number of aromatic nitrogens is 1. The number of rotatable bonds is 3. The first-order chi connectivity index (χ1) is 15.0. The Morgan fingerprint density at radius 1 is 1.16 bits per heavy atom. The summed E-state index contributed by atoms with van der Waals surface area (Å²) in [4.78, 5) is 32.8. The molecule has 166 valence electrons. The van der Waals surface area contributed by atoms with Crippen LogP contribution in [-0.4, -0.2) is 64.4 Å². The second-order valence-corrected chi connectivity index (χ2v) is 9.45. The van der Waals surface area contributed by atoms with E-state index < -0.39 is 0 Å². The van der Waals surface area contributed by atoms with Crippen molar-refractivity contribution in [2.24, 2.45) is 0 Å². The highest BCUT2D eigenvalue weighted by molar-refractivity contribution is 5.99. The highest BCUT2D eigenvalue weighted by Crippen LogP contribution is 2.29. The van der Waals surface area contributed by atoms with Gasteiger partial charge in [0.05, 0.1) is 5.52 Å². The van der Waals surface area contributed by atoms with Crippen molar-refractivity contribution in [1.29, 1.82) is 0 Å². The van der Waals surface area contributed by atoms with Gasteiger partial charge in [0, 0.05) is 49.6 Å². The normalized spacial score (nSPS) is 27.4. The van der Waals surface area contributed by atoms with Gasteiger partial charge in [-0.2, -0.15) is 0 Å². The highest BCUT2D eigenvalue weighted by Gasteiger charge is 2.37. The van der Waals surface area contributed by atoms with Crippen molar-refractivity contribution in [2.45, 2.75) is 70.0 Å². The Hall–Kier alpha value is -2.41. The molecule has 1 saturated carbocycles. The molecular weight excluding hydrogens is 395 g/mol. The summed E-state index contributed by atoms with van der Waals surface area (Å²) in [5.41, 5.74) is 2.03. The summed E-state index contributed by atoms with van der Waals surface area (Å²) >= 11 is 0. The summed E-state index contributed by atoms with van der Waals surface area (Å²) in [5, 5.41) is 3.65. The number of carbonyl (C=O) groups is 2. The number of aryl methyl sites for hydroxylation is 1. The van der Waals surface area contributed by atoms with Gasteiger partial charge in [-0.05, 0) is 63.1 Å². The van der Waals surface area contributed by atoms with E-state index in [9.17, 15) is 14.0 Å². The summed E-state index contributed by atoms with van der Waals surface area (Å²) in [6.45, 7) is 4.62. The number of hydrogen-bond donors (Lipinski definition) is 2. The second kappa shape index (κ2) is 8.26. The molecule has 1 aromatic carbocycles. The number of fused-ring (bicyclic) bond motifs is 2. The van der Waals surface area contributed by atoms with Crippen molar-refractivity contribution in [2.75, 3.05) is 19.6 Å². The molecule has 7 heteroatoms. The Labute approximate surface area is 182 Å². The Morgan fingerprint density at radius 3 is 2.84 bits per heavy atom. The van der Waals surface area contributed by atoms with Crippen LogP contribution in [0.3, 0.4) is 0 Å². The third-order valence-corrected chi connectivity index (χ3v) is 7.45. The summed E-state index contributed by atoms with van der Waals surface area (Å²) in [6, 6.07) is 5.71. The number of nitrogens with one attached hydrogen (secondary N) is 2. The molecule has 3 heterocycles. The van der Waals surface area contributed by atoms with Gasteiger partial charge in [-0.15, -0.1) is 0 Å². The lowest BCUT2D eigenvalue weighted by molar-refractivity contribution is -0.140. The Bertz CT molecular complexity index is 964. The first-order valence-electron chi connectivity index (χ1n) is 11.6. The van der Waals surface area contributed by atoms with E-state index in [0.29, 0.717) is 41.0 Å². The van der Waals surface area contributed by atoms with E-state index in [-0.39, 0.29) is 17.8 Å². The molecular formula is C24H31FN4O2. The predicted molar refractivity (Wildman–Crippen MR) is 117 cm³/mol. The number of aromatic amines is 1. The molecule has 0 spiro atoms. The highest BCUT2D eigenvalue weighted by atomic mass is 19.1. The van der Waals surface area contributed by atoms with E-state index >= 15 is 0 Å². The molecule has 2 aliphatic heterocycles. The summed E-state index contributed by atoms with van der Waals surface area (Å²) in [5.74, 6) is -0.160. The average Bonchev–Trinajstić information content (AvgIpc) is 3.24. The second-order valence-electron chi connectivity index (χ2n) is 9.45. The Balaban J connectivity index is 1.23. The zero-order chi connectivity index (χ0) is 21.5. The topological polar surface area (TPSA) is 68.4 Å². The van der Waals surface area contributed by atoms with Crippen molar-refractivity contribution in [3.05, 3.63) is 35.3 Å². The molecule has 5 rings (SSSR count). The number of benzene rings is 1. The minimum absolute atomic E-state index is 0.120. The molecule has 1 aromatic heterocycles. The zero-order valence-electron chi connectivity index (χ0n) is 18.1. The fourth-order valence-electron chi connectivity index (χ4n) is 5.76. The maximum Gasteiger partial charge on any atom is 0.267 e. The minimum Gasteiger partial charge on any atom is -0.350 e. The van der Waals surface area contributed by atoms with Gasteiger partial charge >= 0.3 is 0 Å². The van der Waals surface area contributed by atoms with Crippen molar-refractivity contribution < 1.29 is 14.0 Å². The van der Waals surface area contributed by atoms with Crippen LogP contribution in [0.25, 0.3) is 10.9 Å². The van der Waals surface area contributed by atoms with Gasteiger partial charge < -0.3 is 15.2 Å². The lowest BCUT2D eigenvalue weighted by Crippen LogP contribution is -2.60. The van der Waals surface area contributed by atoms with Crippen LogP contribution < -0.4 is 5.32 Å². The molecule has 3 atom stereocenters. The number of nitrogens with zero attached hydrogens (tertiary/aromatic N) is 2. The van der Waals surface area contributed by atoms with Crippen molar-refractivity contribution in [3.63, 3.8) is 0 Å². The van der Waals surface area contributed by atoms with Crippen LogP contribution in [0.2, 0.25) is 0 Å². The van der Waals surface area contributed by atoms with E-state index in [1.807, 2.05) is 6.92 Å². The van der Waals surface area contributed by atoms with Gasteiger partial charge in [0.25, 0.3) is 5.91 Å². The van der Waals surface area contributed by atoms with Crippen molar-refractivity contribution >= 4 is 22.7 Å². The molecule has 2 saturated heterocycles. The first-order valence-corrected chi connectivity index (χ1v) is 11.6. The smallest absolute Gasteiger partial charge is 0.267 e. The number of carbonyl (C=O) groups excluding carboxylic acids is 2. The Kier molecular flexibility index (Phi) is 5.46. The molecule has 2 amide bonds. The summed E-state index contributed by atoms with van der Waals surface area (Å²) in [7, 11) is 0. The minimum atomic E-state index is -0.311. The largest absolute Gasteiger partial charge is 0.350 e. The van der Waals surface area contributed by atoms with Gasteiger partial charge in [0.15, 0.2) is 0 Å². The molecule has 0 unspecified atom stereocenters. The summed E-state index contributed by atoms with van der Waals surface area (Å²) < 4.78 is 14.1. The van der Waals surface area contributed by atoms with Gasteiger partial charge in [0.1, 0.15) is 11.5 Å². The fourth-order valence-corrected chi connectivity index (χ4v) is 5.76. The number of H-pyrrole nitrogens is 1. The fraction of sp³-hybridized carbons (Fsp3) is 0.583. The van der Waals surface area contributed by atoms with Gasteiger partial charge in [-0.3, -0.25) is 14.5 Å². The first kappa shape index (κ1) is 20.5. The third kappa shape index (κ3) is 3.95. The van der Waals surface area contributed by atoms with Gasteiger partial charge in [0.2, 0.25) is 5.91 Å². The van der Waals surface area contributed by atoms with Crippen LogP contribution in [0.5, 0.6) is 0 Å². The van der Waals surface area contributed by atoms with Crippen molar-refractivity contribution in [1.82, 2.24) is 20.1 Å². The summed E-state index contributed by atoms with van der Waals surface area (Å²) in [6.07, 6.45) is 6.93. The van der Waals surface area contributed by atoms with E-state index in [0.717, 1.165) is 63.7 Å². The maximum atomic E-state index is 14.1. The quantitative estimate of drug-likeness (QED) is 0.791. The molecule has 0 radical (unpaired) electrons. The molecule has 6 nitrogen and oxygen atoms in total. The van der Waals surface area contributed by atoms with Crippen LogP contribution in [0.15, 0.2) is 18.2 Å². The Morgan fingerprint density at radius 2 is 2.00 bits per heavy atom. The number of halogens is 1. The zero-order valence-corrected chi connectivity index (χ0v) is 18.1. The molecule has 1 aliphatic carbocycles. The van der Waals surface area contributed by atoms with Gasteiger partial charge in [-0.25, -0.2) is 4.39 Å². The molecule has 2 N–H and O–H groups in total. The molecule has 31 heavy (non-hydrogen) atoms. The third-order valence-electron chi connectivity index (χ3n) is 7.45. The van der Waals surface area contributed by atoms with Crippen LogP contribution in [0.1, 0.15) is 61.0 Å². The van der Waals surface area contributed by atoms with Crippen molar-refractivity contribution in [3.8, 4) is 0 Å². The number of piperazine rings is 1. The van der Waals surface area contributed by atoms with E-state index in [1.54, 1.807) is 12.1 Å². The number of piperidine rings is 1. The van der Waals surface area contributed by atoms with Crippen LogP contribution >= 0.6 is 0 Å². The monoisotopic (exact) mass is 426 g/mol. The van der Waals surface area contributed by atoms with Crippen LogP contribution in [-0.2, 0) is 4.79 Å². The standard InChI is InChI=1S/C24H31FN4O2/c1-15-8-9-20(25)19-13-21(27-23(15)19)24(31)26-16-4-2-5-17(12-16)28-10-11-29-18(14-28)6-3-7-22(29)30/h8-9,13,16-18,27H,2-7,10-12,14H2,1H3,(H,26,31)/t16-,17-,18+/m1/s1. The molecule has 3 fully saturated rings. The number of hydrogen-bond acceptors (Lipinski definition) is 3.